The molecule has 1 N–H and O–H groups in total. The fourth-order valence-electron chi connectivity index (χ4n) is 3.05. The molecule has 8 heteroatoms. The number of amides is 2. The van der Waals surface area contributed by atoms with Crippen LogP contribution in [0.25, 0.3) is 0 Å². The molecule has 5 nitrogen and oxygen atoms in total. The fourth-order valence-corrected chi connectivity index (χ4v) is 3.05. The number of ketones is 1. The molecular formula is C17H25F3N2O3. The van der Waals surface area contributed by atoms with Crippen LogP contribution in [0.1, 0.15) is 53.9 Å². The van der Waals surface area contributed by atoms with Crippen LogP contribution in [0.4, 0.5) is 13.2 Å². The number of hydrogen-bond donors (Lipinski definition) is 1. The molecule has 0 fully saturated rings. The fraction of sp³-hybridized carbons (Fsp3) is 0.706. The molecule has 1 heterocycles. The van der Waals surface area contributed by atoms with E-state index in [9.17, 15) is 27.6 Å². The van der Waals surface area contributed by atoms with Gasteiger partial charge < -0.3 is 10.2 Å². The van der Waals surface area contributed by atoms with Gasteiger partial charge in [0.2, 0.25) is 11.4 Å². The van der Waals surface area contributed by atoms with E-state index in [1.807, 2.05) is 12.2 Å². The van der Waals surface area contributed by atoms with Gasteiger partial charge in [-0.1, -0.05) is 27.2 Å². The van der Waals surface area contributed by atoms with Gasteiger partial charge in [-0.3, -0.25) is 14.4 Å². The SMILES string of the molecule is CCCCN1C(=O)C(NC(=O)CC(C)C)(C(F)(F)F)C(C(C)=O)=C1C. The van der Waals surface area contributed by atoms with Crippen molar-refractivity contribution >= 4 is 17.6 Å². The van der Waals surface area contributed by atoms with E-state index in [1.165, 1.54) is 6.92 Å². The van der Waals surface area contributed by atoms with Gasteiger partial charge in [0.15, 0.2) is 5.78 Å². The van der Waals surface area contributed by atoms with Crippen molar-refractivity contribution in [2.75, 3.05) is 6.54 Å². The van der Waals surface area contributed by atoms with Crippen molar-refractivity contribution < 1.29 is 27.6 Å². The first kappa shape index (κ1) is 21.2. The molecule has 1 unspecified atom stereocenters. The van der Waals surface area contributed by atoms with E-state index in [0.29, 0.717) is 12.8 Å². The molecule has 0 saturated heterocycles. The average Bonchev–Trinajstić information content (AvgIpc) is 2.64. The lowest BCUT2D eigenvalue weighted by atomic mass is 9.86. The Hall–Kier alpha value is -1.86. The van der Waals surface area contributed by atoms with Crippen LogP contribution in [0.2, 0.25) is 0 Å². The summed E-state index contributed by atoms with van der Waals surface area (Å²) in [4.78, 5) is 37.8. The zero-order valence-electron chi connectivity index (χ0n) is 15.2. The minimum Gasteiger partial charge on any atom is -0.330 e. The van der Waals surface area contributed by atoms with E-state index < -0.39 is 34.9 Å². The maximum absolute atomic E-state index is 14.0. The standard InChI is InChI=1S/C17H25F3N2O3/c1-6-7-8-22-11(4)14(12(5)23)16(15(22)25,17(18,19)20)21-13(24)9-10(2)3/h10H,6-9H2,1-5H3,(H,21,24). The Labute approximate surface area is 145 Å². The maximum Gasteiger partial charge on any atom is 0.425 e. The highest BCUT2D eigenvalue weighted by Crippen LogP contribution is 2.45. The summed E-state index contributed by atoms with van der Waals surface area (Å²) in [5, 5.41) is 1.85. The molecular weight excluding hydrogens is 337 g/mol. The molecule has 0 aromatic carbocycles. The minimum atomic E-state index is -5.13. The lowest BCUT2D eigenvalue weighted by Crippen LogP contribution is -2.66. The van der Waals surface area contributed by atoms with Gasteiger partial charge in [0, 0.05) is 18.7 Å². The predicted octanol–water partition coefficient (Wildman–Crippen LogP) is 2.96. The monoisotopic (exact) mass is 362 g/mol. The van der Waals surface area contributed by atoms with Gasteiger partial charge in [-0.05, 0) is 26.2 Å². The summed E-state index contributed by atoms with van der Waals surface area (Å²) in [6.45, 7) is 7.55. The molecule has 0 radical (unpaired) electrons. The number of rotatable bonds is 7. The molecule has 1 atom stereocenters. The first-order chi connectivity index (χ1) is 11.4. The highest BCUT2D eigenvalue weighted by Gasteiger charge is 2.69. The molecule has 1 rings (SSSR count). The van der Waals surface area contributed by atoms with Gasteiger partial charge in [-0.15, -0.1) is 0 Å². The summed E-state index contributed by atoms with van der Waals surface area (Å²) in [6.07, 6.45) is -4.14. The molecule has 1 aliphatic heterocycles. The maximum atomic E-state index is 14.0. The van der Waals surface area contributed by atoms with E-state index in [4.69, 9.17) is 0 Å². The number of halogens is 3. The van der Waals surface area contributed by atoms with Crippen LogP contribution in [0, 0.1) is 5.92 Å². The van der Waals surface area contributed by atoms with Crippen LogP contribution >= 0.6 is 0 Å². The second kappa shape index (κ2) is 7.58. The third kappa shape index (κ3) is 3.88. The van der Waals surface area contributed by atoms with Gasteiger partial charge in [0.1, 0.15) is 0 Å². The van der Waals surface area contributed by atoms with Gasteiger partial charge in [0.25, 0.3) is 5.91 Å². The molecule has 0 aromatic rings. The Morgan fingerprint density at radius 2 is 1.84 bits per heavy atom. The second-order valence-electron chi connectivity index (χ2n) is 6.72. The van der Waals surface area contributed by atoms with E-state index >= 15 is 0 Å². The summed E-state index contributed by atoms with van der Waals surface area (Å²) in [5.41, 5.74) is -4.05. The number of unbranched alkanes of at least 4 members (excludes halogenated alkanes) is 1. The van der Waals surface area contributed by atoms with Crippen LogP contribution in [-0.4, -0.2) is 40.8 Å². The normalized spacial score (nSPS) is 21.3. The summed E-state index contributed by atoms with van der Waals surface area (Å²) < 4.78 is 42.0. The molecule has 1 aliphatic rings. The molecule has 25 heavy (non-hydrogen) atoms. The van der Waals surface area contributed by atoms with E-state index in [2.05, 4.69) is 0 Å². The zero-order chi connectivity index (χ0) is 19.6. The largest absolute Gasteiger partial charge is 0.425 e. The van der Waals surface area contributed by atoms with Crippen LogP contribution in [-0.2, 0) is 14.4 Å². The van der Waals surface area contributed by atoms with Crippen molar-refractivity contribution in [3.8, 4) is 0 Å². The first-order valence-corrected chi connectivity index (χ1v) is 8.32. The molecule has 2 amide bonds. The Balaban J connectivity index is 3.49. The number of carbonyl (C=O) groups is 3. The highest BCUT2D eigenvalue weighted by molar-refractivity contribution is 6.11. The molecule has 0 saturated carbocycles. The number of carbonyl (C=O) groups excluding carboxylic acids is 3. The van der Waals surface area contributed by atoms with E-state index in [1.54, 1.807) is 13.8 Å². The summed E-state index contributed by atoms with van der Waals surface area (Å²) in [5.74, 6) is -3.30. The molecule has 0 spiro atoms. The lowest BCUT2D eigenvalue weighted by Gasteiger charge is -2.33. The smallest absolute Gasteiger partial charge is 0.330 e. The summed E-state index contributed by atoms with van der Waals surface area (Å²) in [7, 11) is 0. The van der Waals surface area contributed by atoms with Gasteiger partial charge in [-0.2, -0.15) is 13.2 Å². The third-order valence-electron chi connectivity index (χ3n) is 4.14. The first-order valence-electron chi connectivity index (χ1n) is 8.32. The quantitative estimate of drug-likeness (QED) is 0.757. The zero-order valence-corrected chi connectivity index (χ0v) is 15.2. The van der Waals surface area contributed by atoms with Gasteiger partial charge >= 0.3 is 6.18 Å². The van der Waals surface area contributed by atoms with E-state index in [0.717, 1.165) is 11.8 Å². The average molecular weight is 362 g/mol. The summed E-state index contributed by atoms with van der Waals surface area (Å²) >= 11 is 0. The van der Waals surface area contributed by atoms with Gasteiger partial charge in [0.05, 0.1) is 5.57 Å². The van der Waals surface area contributed by atoms with Crippen molar-refractivity contribution in [1.82, 2.24) is 10.2 Å². The molecule has 0 aliphatic carbocycles. The highest BCUT2D eigenvalue weighted by atomic mass is 19.4. The topological polar surface area (TPSA) is 66.5 Å². The predicted molar refractivity (Wildman–Crippen MR) is 86.4 cm³/mol. The van der Waals surface area contributed by atoms with Crippen LogP contribution in [0.15, 0.2) is 11.3 Å². The number of alkyl halides is 3. The number of hydrogen-bond acceptors (Lipinski definition) is 3. The number of nitrogens with zero attached hydrogens (tertiary/aromatic N) is 1. The second-order valence-corrected chi connectivity index (χ2v) is 6.72. The van der Waals surface area contributed by atoms with Crippen molar-refractivity contribution in [1.29, 1.82) is 0 Å². The molecule has 0 aromatic heterocycles. The Kier molecular flexibility index (Phi) is 6.42. The molecule has 0 bridgehead atoms. The van der Waals surface area contributed by atoms with Crippen LogP contribution < -0.4 is 5.32 Å². The van der Waals surface area contributed by atoms with Crippen molar-refractivity contribution in [2.45, 2.75) is 65.6 Å². The minimum absolute atomic E-state index is 0.0480. The number of allylic oxidation sites excluding steroid dienone is 1. The van der Waals surface area contributed by atoms with Gasteiger partial charge in [-0.25, -0.2) is 0 Å². The lowest BCUT2D eigenvalue weighted by molar-refractivity contribution is -0.194. The Bertz CT molecular complexity index is 596. The van der Waals surface area contributed by atoms with Crippen molar-refractivity contribution in [3.05, 3.63) is 11.3 Å². The Morgan fingerprint density at radius 1 is 1.28 bits per heavy atom. The third-order valence-corrected chi connectivity index (χ3v) is 4.14. The summed E-state index contributed by atoms with van der Waals surface area (Å²) in [6, 6.07) is 0. The van der Waals surface area contributed by atoms with Crippen LogP contribution in [0.3, 0.4) is 0 Å². The van der Waals surface area contributed by atoms with Crippen molar-refractivity contribution in [3.63, 3.8) is 0 Å². The van der Waals surface area contributed by atoms with E-state index in [-0.39, 0.29) is 24.6 Å². The van der Waals surface area contributed by atoms with Crippen LogP contribution in [0.5, 0.6) is 0 Å². The Morgan fingerprint density at radius 3 is 2.24 bits per heavy atom. The number of nitrogens with one attached hydrogen (secondary N) is 1. The number of Topliss-reactive ketones (excluding diaryl/α,β-unsaturated/α-hetero) is 1. The molecule has 142 valence electrons. The van der Waals surface area contributed by atoms with Crippen molar-refractivity contribution in [2.24, 2.45) is 5.92 Å².